The van der Waals surface area contributed by atoms with E-state index < -0.39 is 0 Å². The summed E-state index contributed by atoms with van der Waals surface area (Å²) in [7, 11) is 2.10. The van der Waals surface area contributed by atoms with E-state index in [1.165, 1.54) is 12.8 Å². The summed E-state index contributed by atoms with van der Waals surface area (Å²) in [5.41, 5.74) is 0. The number of guanidine groups is 1. The van der Waals surface area contributed by atoms with Gasteiger partial charge in [-0.3, -0.25) is 9.89 Å². The maximum absolute atomic E-state index is 5.77. The molecular weight excluding hydrogens is 443 g/mol. The number of ether oxygens (including phenoxy) is 2. The van der Waals surface area contributed by atoms with E-state index in [0.29, 0.717) is 12.0 Å². The lowest BCUT2D eigenvalue weighted by atomic mass is 10.0. The van der Waals surface area contributed by atoms with Crippen LogP contribution in [0.3, 0.4) is 0 Å². The molecule has 1 aliphatic heterocycles. The van der Waals surface area contributed by atoms with E-state index in [9.17, 15) is 0 Å². The molecule has 1 unspecified atom stereocenters. The molecule has 0 aromatic heterocycles. The largest absolute Gasteiger partial charge is 0.379 e. The van der Waals surface area contributed by atoms with Crippen LogP contribution in [-0.4, -0.2) is 88.0 Å². The number of nitrogens with one attached hydrogen (secondary N) is 1. The Hall–Kier alpha value is -0.120. The average molecular weight is 482 g/mol. The first-order valence-corrected chi connectivity index (χ1v) is 10.0. The Kier molecular flexibility index (Phi) is 12.1. The van der Waals surface area contributed by atoms with Crippen molar-refractivity contribution in [3.05, 3.63) is 0 Å². The number of halogens is 1. The van der Waals surface area contributed by atoms with Gasteiger partial charge in [-0.25, -0.2) is 0 Å². The Labute approximate surface area is 177 Å². The van der Waals surface area contributed by atoms with Crippen LogP contribution in [0.15, 0.2) is 4.99 Å². The molecule has 2 rings (SSSR count). The van der Waals surface area contributed by atoms with Crippen molar-refractivity contribution in [2.24, 2.45) is 16.8 Å². The van der Waals surface area contributed by atoms with Crippen molar-refractivity contribution in [2.45, 2.75) is 39.7 Å². The normalized spacial score (nSPS) is 20.0. The number of morpholine rings is 1. The third-order valence-corrected chi connectivity index (χ3v) is 5.03. The topological polar surface area (TPSA) is 49.3 Å². The number of hydrogen-bond donors (Lipinski definition) is 1. The monoisotopic (exact) mass is 482 g/mol. The van der Waals surface area contributed by atoms with Gasteiger partial charge in [-0.05, 0) is 31.6 Å². The molecular formula is C19H39IN4O2. The minimum atomic E-state index is 0. The zero-order valence-corrected chi connectivity index (χ0v) is 19.4. The van der Waals surface area contributed by atoms with E-state index in [-0.39, 0.29) is 24.0 Å². The highest BCUT2D eigenvalue weighted by atomic mass is 127. The molecule has 1 saturated carbocycles. The van der Waals surface area contributed by atoms with E-state index in [1.807, 2.05) is 0 Å². The Bertz CT molecular complexity index is 399. The molecule has 2 aliphatic rings. The first kappa shape index (κ1) is 23.9. The fraction of sp³-hybridized carbons (Fsp3) is 0.947. The van der Waals surface area contributed by atoms with Crippen molar-refractivity contribution in [3.63, 3.8) is 0 Å². The molecule has 1 atom stereocenters. The lowest BCUT2D eigenvalue weighted by Crippen LogP contribution is -2.48. The maximum atomic E-state index is 5.77. The van der Waals surface area contributed by atoms with Crippen LogP contribution in [0, 0.1) is 11.8 Å². The van der Waals surface area contributed by atoms with Crippen molar-refractivity contribution in [1.82, 2.24) is 15.1 Å². The highest BCUT2D eigenvalue weighted by Crippen LogP contribution is 2.28. The van der Waals surface area contributed by atoms with Crippen molar-refractivity contribution in [2.75, 3.05) is 66.2 Å². The Balaban J connectivity index is 0.00000338. The number of nitrogens with zero attached hydrogens (tertiary/aromatic N) is 3. The molecule has 6 nitrogen and oxygen atoms in total. The van der Waals surface area contributed by atoms with E-state index in [1.54, 1.807) is 0 Å². The second-order valence-electron chi connectivity index (χ2n) is 7.59. The molecule has 2 fully saturated rings. The van der Waals surface area contributed by atoms with Crippen molar-refractivity contribution in [1.29, 1.82) is 0 Å². The molecule has 1 heterocycles. The third kappa shape index (κ3) is 8.71. The van der Waals surface area contributed by atoms with Gasteiger partial charge in [0.15, 0.2) is 5.96 Å². The fourth-order valence-electron chi connectivity index (χ4n) is 3.15. The zero-order valence-electron chi connectivity index (χ0n) is 17.1. The smallest absolute Gasteiger partial charge is 0.193 e. The predicted molar refractivity (Wildman–Crippen MR) is 119 cm³/mol. The number of hydrogen-bond acceptors (Lipinski definition) is 4. The second kappa shape index (κ2) is 13.1. The van der Waals surface area contributed by atoms with E-state index in [4.69, 9.17) is 14.5 Å². The van der Waals surface area contributed by atoms with Crippen molar-refractivity contribution >= 4 is 29.9 Å². The first-order valence-electron chi connectivity index (χ1n) is 10.0. The summed E-state index contributed by atoms with van der Waals surface area (Å²) in [4.78, 5) is 9.65. The molecule has 1 N–H and O–H groups in total. The van der Waals surface area contributed by atoms with Crippen LogP contribution in [0.5, 0.6) is 0 Å². The second-order valence-corrected chi connectivity index (χ2v) is 7.59. The van der Waals surface area contributed by atoms with Gasteiger partial charge >= 0.3 is 0 Å². The summed E-state index contributed by atoms with van der Waals surface area (Å²) in [5, 5.41) is 3.42. The summed E-state index contributed by atoms with van der Waals surface area (Å²) in [6.07, 6.45) is 2.69. The minimum Gasteiger partial charge on any atom is -0.379 e. The van der Waals surface area contributed by atoms with Crippen LogP contribution in [-0.2, 0) is 9.47 Å². The predicted octanol–water partition coefficient (Wildman–Crippen LogP) is 2.29. The first-order chi connectivity index (χ1) is 12.1. The van der Waals surface area contributed by atoms with Crippen LogP contribution in [0.25, 0.3) is 0 Å². The summed E-state index contributed by atoms with van der Waals surface area (Å²) in [6, 6.07) is 0.470. The van der Waals surface area contributed by atoms with Gasteiger partial charge in [0.1, 0.15) is 0 Å². The molecule has 7 heteroatoms. The Morgan fingerprint density at radius 2 is 2.00 bits per heavy atom. The molecule has 0 aromatic carbocycles. The van der Waals surface area contributed by atoms with Crippen LogP contribution >= 0.6 is 24.0 Å². The zero-order chi connectivity index (χ0) is 18.1. The molecule has 0 aromatic rings. The van der Waals surface area contributed by atoms with Gasteiger partial charge in [-0.2, -0.15) is 0 Å². The molecule has 26 heavy (non-hydrogen) atoms. The van der Waals surface area contributed by atoms with E-state index in [2.05, 4.69) is 42.9 Å². The quantitative estimate of drug-likeness (QED) is 0.224. The summed E-state index contributed by atoms with van der Waals surface area (Å²) < 4.78 is 11.3. The standard InChI is InChI=1S/C19H38N4O2.HI/c1-5-20-19(22(4)8-11-25-15-17-6-7-17)21-14-18(16(2)3)23-9-12-24-13-10-23;/h16-18H,5-15H2,1-4H3,(H,20,21);1H. The highest BCUT2D eigenvalue weighted by molar-refractivity contribution is 14.0. The average Bonchev–Trinajstić information content (AvgIpc) is 3.43. The number of aliphatic imine (C=N–C) groups is 1. The highest BCUT2D eigenvalue weighted by Gasteiger charge is 2.24. The Morgan fingerprint density at radius 1 is 1.31 bits per heavy atom. The molecule has 1 saturated heterocycles. The number of rotatable bonds is 10. The van der Waals surface area contributed by atoms with E-state index >= 15 is 0 Å². The van der Waals surface area contributed by atoms with Crippen molar-refractivity contribution < 1.29 is 9.47 Å². The van der Waals surface area contributed by atoms with Gasteiger partial charge in [0, 0.05) is 45.9 Å². The molecule has 1 aliphatic carbocycles. The van der Waals surface area contributed by atoms with Crippen LogP contribution in [0.4, 0.5) is 0 Å². The van der Waals surface area contributed by atoms with Gasteiger partial charge in [0.05, 0.1) is 26.4 Å². The lowest BCUT2D eigenvalue weighted by molar-refractivity contribution is 0.00862. The fourth-order valence-corrected chi connectivity index (χ4v) is 3.15. The van der Waals surface area contributed by atoms with Gasteiger partial charge < -0.3 is 19.7 Å². The van der Waals surface area contributed by atoms with Gasteiger partial charge in [0.25, 0.3) is 0 Å². The van der Waals surface area contributed by atoms with Gasteiger partial charge in [-0.1, -0.05) is 13.8 Å². The molecule has 0 bridgehead atoms. The summed E-state index contributed by atoms with van der Waals surface area (Å²) >= 11 is 0. The SMILES string of the molecule is CCNC(=NCC(C(C)C)N1CCOCC1)N(C)CCOCC1CC1.I. The summed E-state index contributed by atoms with van der Waals surface area (Å²) in [6.45, 7) is 14.7. The van der Waals surface area contributed by atoms with Gasteiger partial charge in [0.2, 0.25) is 0 Å². The molecule has 0 amide bonds. The van der Waals surface area contributed by atoms with Crippen LogP contribution < -0.4 is 5.32 Å². The third-order valence-electron chi connectivity index (χ3n) is 5.03. The number of likely N-dealkylation sites (N-methyl/N-ethyl adjacent to an activating group) is 1. The van der Waals surface area contributed by atoms with Crippen LogP contribution in [0.1, 0.15) is 33.6 Å². The van der Waals surface area contributed by atoms with Crippen LogP contribution in [0.2, 0.25) is 0 Å². The van der Waals surface area contributed by atoms with Crippen molar-refractivity contribution in [3.8, 4) is 0 Å². The molecule has 154 valence electrons. The maximum Gasteiger partial charge on any atom is 0.193 e. The minimum absolute atomic E-state index is 0. The van der Waals surface area contributed by atoms with E-state index in [0.717, 1.165) is 71.0 Å². The Morgan fingerprint density at radius 3 is 2.58 bits per heavy atom. The lowest BCUT2D eigenvalue weighted by Gasteiger charge is -2.36. The molecule has 0 spiro atoms. The summed E-state index contributed by atoms with van der Waals surface area (Å²) in [5.74, 6) is 2.39. The van der Waals surface area contributed by atoms with Gasteiger partial charge in [-0.15, -0.1) is 24.0 Å². The molecule has 0 radical (unpaired) electrons.